The Labute approximate surface area is 99.9 Å². The molecule has 1 aromatic heterocycles. The number of benzene rings is 1. The monoisotopic (exact) mass is 233 g/mol. The average molecular weight is 233 g/mol. The van der Waals surface area contributed by atoms with Gasteiger partial charge >= 0.3 is 0 Å². The second-order valence-corrected chi connectivity index (χ2v) is 4.43. The molecule has 0 radical (unpaired) electrons. The number of methoxy groups -OCH3 is 1. The van der Waals surface area contributed by atoms with Crippen LogP contribution in [0.5, 0.6) is 5.75 Å². The van der Waals surface area contributed by atoms with E-state index in [4.69, 9.17) is 4.74 Å². The first-order valence-corrected chi connectivity index (χ1v) is 6.16. The first-order valence-electron chi connectivity index (χ1n) is 5.22. The standard InChI is InChI=1S/C13H15NOS/c1-10(11-6-7-16-9-11)14-12-4-3-5-13(8-12)15-2/h3-10,14H,1-2H3. The third-order valence-corrected chi connectivity index (χ3v) is 3.20. The Morgan fingerprint density at radius 1 is 1.31 bits per heavy atom. The second-order valence-electron chi connectivity index (χ2n) is 3.65. The zero-order valence-corrected chi connectivity index (χ0v) is 10.3. The Hall–Kier alpha value is -1.48. The molecule has 2 aromatic rings. The molecule has 1 unspecified atom stereocenters. The van der Waals surface area contributed by atoms with Crippen LogP contribution in [0, 0.1) is 0 Å². The molecule has 2 rings (SSSR count). The smallest absolute Gasteiger partial charge is 0.120 e. The number of nitrogens with one attached hydrogen (secondary N) is 1. The predicted molar refractivity (Wildman–Crippen MR) is 69.4 cm³/mol. The largest absolute Gasteiger partial charge is 0.497 e. The van der Waals surface area contributed by atoms with E-state index in [9.17, 15) is 0 Å². The van der Waals surface area contributed by atoms with E-state index in [2.05, 4.69) is 29.1 Å². The van der Waals surface area contributed by atoms with Crippen LogP contribution in [0.15, 0.2) is 41.1 Å². The predicted octanol–water partition coefficient (Wildman–Crippen LogP) is 3.93. The summed E-state index contributed by atoms with van der Waals surface area (Å²) in [4.78, 5) is 0. The van der Waals surface area contributed by atoms with Crippen molar-refractivity contribution in [2.24, 2.45) is 0 Å². The van der Waals surface area contributed by atoms with Gasteiger partial charge in [0.1, 0.15) is 5.75 Å². The first kappa shape index (κ1) is 11.0. The molecule has 1 heterocycles. The van der Waals surface area contributed by atoms with Crippen molar-refractivity contribution in [1.82, 2.24) is 0 Å². The van der Waals surface area contributed by atoms with Crippen molar-refractivity contribution < 1.29 is 4.74 Å². The molecule has 0 aliphatic carbocycles. The summed E-state index contributed by atoms with van der Waals surface area (Å²) in [6, 6.07) is 10.4. The van der Waals surface area contributed by atoms with Gasteiger partial charge in [0.25, 0.3) is 0 Å². The van der Waals surface area contributed by atoms with Crippen LogP contribution < -0.4 is 10.1 Å². The minimum atomic E-state index is 0.318. The van der Waals surface area contributed by atoms with Crippen LogP contribution in [-0.4, -0.2) is 7.11 Å². The number of ether oxygens (including phenoxy) is 1. The molecule has 0 saturated heterocycles. The summed E-state index contributed by atoms with van der Waals surface area (Å²) >= 11 is 1.72. The molecule has 0 aliphatic rings. The number of rotatable bonds is 4. The highest BCUT2D eigenvalue weighted by atomic mass is 32.1. The number of anilines is 1. The molecule has 0 aliphatic heterocycles. The van der Waals surface area contributed by atoms with Gasteiger partial charge in [0.05, 0.1) is 7.11 Å². The molecule has 0 bridgehead atoms. The van der Waals surface area contributed by atoms with Crippen molar-refractivity contribution in [2.45, 2.75) is 13.0 Å². The topological polar surface area (TPSA) is 21.3 Å². The van der Waals surface area contributed by atoms with Crippen molar-refractivity contribution >= 4 is 17.0 Å². The normalized spacial score (nSPS) is 12.1. The molecule has 0 spiro atoms. The van der Waals surface area contributed by atoms with Crippen molar-refractivity contribution in [3.63, 3.8) is 0 Å². The molecule has 1 N–H and O–H groups in total. The fourth-order valence-corrected chi connectivity index (χ4v) is 2.32. The van der Waals surface area contributed by atoms with Crippen molar-refractivity contribution in [3.05, 3.63) is 46.7 Å². The summed E-state index contributed by atoms with van der Waals surface area (Å²) in [6.07, 6.45) is 0. The Morgan fingerprint density at radius 2 is 2.19 bits per heavy atom. The van der Waals surface area contributed by atoms with E-state index < -0.39 is 0 Å². The SMILES string of the molecule is COc1cccc(NC(C)c2ccsc2)c1. The van der Waals surface area contributed by atoms with Crippen molar-refractivity contribution in [1.29, 1.82) is 0 Å². The second kappa shape index (κ2) is 5.03. The Balaban J connectivity index is 2.08. The van der Waals surface area contributed by atoms with Crippen LogP contribution in [0.3, 0.4) is 0 Å². The van der Waals surface area contributed by atoms with Gasteiger partial charge in [0.15, 0.2) is 0 Å². The van der Waals surface area contributed by atoms with Crippen LogP contribution in [0.2, 0.25) is 0 Å². The summed E-state index contributed by atoms with van der Waals surface area (Å²) in [5.41, 5.74) is 2.39. The van der Waals surface area contributed by atoms with E-state index in [0.717, 1.165) is 11.4 Å². The summed E-state index contributed by atoms with van der Waals surface area (Å²) in [5, 5.41) is 7.71. The molecule has 0 fully saturated rings. The highest BCUT2D eigenvalue weighted by Gasteiger charge is 2.05. The number of hydrogen-bond acceptors (Lipinski definition) is 3. The maximum absolute atomic E-state index is 5.19. The van der Waals surface area contributed by atoms with Crippen LogP contribution in [-0.2, 0) is 0 Å². The Bertz CT molecular complexity index is 439. The van der Waals surface area contributed by atoms with E-state index in [1.807, 2.05) is 24.3 Å². The van der Waals surface area contributed by atoms with Gasteiger partial charge in [-0.15, -0.1) is 0 Å². The Morgan fingerprint density at radius 3 is 2.88 bits per heavy atom. The Kier molecular flexibility index (Phi) is 3.47. The van der Waals surface area contributed by atoms with E-state index >= 15 is 0 Å². The van der Waals surface area contributed by atoms with Gasteiger partial charge in [-0.2, -0.15) is 11.3 Å². The van der Waals surface area contributed by atoms with Crippen LogP contribution in [0.25, 0.3) is 0 Å². The molecular formula is C13H15NOS. The zero-order valence-electron chi connectivity index (χ0n) is 9.44. The van der Waals surface area contributed by atoms with E-state index in [1.165, 1.54) is 5.56 Å². The minimum absolute atomic E-state index is 0.318. The van der Waals surface area contributed by atoms with Crippen LogP contribution >= 0.6 is 11.3 Å². The number of hydrogen-bond donors (Lipinski definition) is 1. The lowest BCUT2D eigenvalue weighted by Gasteiger charge is -2.14. The lowest BCUT2D eigenvalue weighted by molar-refractivity contribution is 0.415. The molecule has 0 saturated carbocycles. The van der Waals surface area contributed by atoms with Crippen molar-refractivity contribution in [3.8, 4) is 5.75 Å². The van der Waals surface area contributed by atoms with Gasteiger partial charge in [-0.3, -0.25) is 0 Å². The maximum Gasteiger partial charge on any atom is 0.120 e. The highest BCUT2D eigenvalue weighted by molar-refractivity contribution is 7.07. The van der Waals surface area contributed by atoms with Gasteiger partial charge in [-0.25, -0.2) is 0 Å². The molecule has 84 valence electrons. The molecule has 16 heavy (non-hydrogen) atoms. The molecule has 1 atom stereocenters. The van der Waals surface area contributed by atoms with E-state index in [0.29, 0.717) is 6.04 Å². The fraction of sp³-hybridized carbons (Fsp3) is 0.231. The van der Waals surface area contributed by atoms with Gasteiger partial charge in [-0.05, 0) is 41.4 Å². The van der Waals surface area contributed by atoms with Gasteiger partial charge in [-0.1, -0.05) is 6.07 Å². The lowest BCUT2D eigenvalue weighted by Crippen LogP contribution is -2.05. The van der Waals surface area contributed by atoms with Gasteiger partial charge in [0, 0.05) is 17.8 Å². The zero-order chi connectivity index (χ0) is 11.4. The molecule has 1 aromatic carbocycles. The summed E-state index contributed by atoms with van der Waals surface area (Å²) in [5.74, 6) is 0.877. The quantitative estimate of drug-likeness (QED) is 0.864. The third kappa shape index (κ3) is 2.55. The maximum atomic E-state index is 5.19. The van der Waals surface area contributed by atoms with Gasteiger partial charge in [0.2, 0.25) is 0 Å². The van der Waals surface area contributed by atoms with Crippen molar-refractivity contribution in [2.75, 3.05) is 12.4 Å². The average Bonchev–Trinajstić information content (AvgIpc) is 2.83. The highest BCUT2D eigenvalue weighted by Crippen LogP contribution is 2.23. The lowest BCUT2D eigenvalue weighted by atomic mass is 10.1. The molecule has 2 nitrogen and oxygen atoms in total. The van der Waals surface area contributed by atoms with E-state index in [1.54, 1.807) is 18.4 Å². The molecular weight excluding hydrogens is 218 g/mol. The van der Waals surface area contributed by atoms with Crippen LogP contribution in [0.1, 0.15) is 18.5 Å². The fourth-order valence-electron chi connectivity index (χ4n) is 1.57. The summed E-state index contributed by atoms with van der Waals surface area (Å²) in [6.45, 7) is 2.15. The molecule has 3 heteroatoms. The summed E-state index contributed by atoms with van der Waals surface area (Å²) in [7, 11) is 1.68. The first-order chi connectivity index (χ1) is 7.79. The van der Waals surface area contributed by atoms with Crippen LogP contribution in [0.4, 0.5) is 5.69 Å². The van der Waals surface area contributed by atoms with Gasteiger partial charge < -0.3 is 10.1 Å². The third-order valence-electron chi connectivity index (χ3n) is 2.50. The minimum Gasteiger partial charge on any atom is -0.497 e. The molecule has 0 amide bonds. The number of thiophene rings is 1. The summed E-state index contributed by atoms with van der Waals surface area (Å²) < 4.78 is 5.19. The van der Waals surface area contributed by atoms with E-state index in [-0.39, 0.29) is 0 Å².